The minimum Gasteiger partial charge on any atom is -0.476 e. The molecule has 0 fully saturated rings. The molecule has 0 aliphatic rings. The van der Waals surface area contributed by atoms with E-state index in [2.05, 4.69) is 20.6 Å². The zero-order valence-electron chi connectivity index (χ0n) is 11.2. The van der Waals surface area contributed by atoms with Gasteiger partial charge in [-0.25, -0.2) is 19.6 Å². The van der Waals surface area contributed by atoms with Crippen molar-refractivity contribution in [1.82, 2.24) is 20.6 Å². The molecule has 9 heteroatoms. The fraction of sp³-hybridized carbons (Fsp3) is 0.333. The summed E-state index contributed by atoms with van der Waals surface area (Å²) in [5, 5.41) is 19.0. The third kappa shape index (κ3) is 4.50. The Balaban J connectivity index is 1.73. The first-order valence-electron chi connectivity index (χ1n) is 6.15. The van der Waals surface area contributed by atoms with Gasteiger partial charge in [0.05, 0.1) is 11.6 Å². The van der Waals surface area contributed by atoms with Crippen LogP contribution in [-0.4, -0.2) is 33.6 Å². The molecular formula is C12H14N4O3S2. The number of carboxylic acid groups (broad SMARTS) is 1. The van der Waals surface area contributed by atoms with E-state index in [9.17, 15) is 9.59 Å². The van der Waals surface area contributed by atoms with E-state index in [4.69, 9.17) is 5.11 Å². The molecule has 2 rings (SSSR count). The van der Waals surface area contributed by atoms with Crippen LogP contribution in [0.2, 0.25) is 0 Å². The molecule has 0 saturated carbocycles. The van der Waals surface area contributed by atoms with E-state index in [0.29, 0.717) is 11.6 Å². The Morgan fingerprint density at radius 1 is 1.38 bits per heavy atom. The van der Waals surface area contributed by atoms with Gasteiger partial charge in [-0.05, 0) is 0 Å². The molecule has 1 atom stereocenters. The van der Waals surface area contributed by atoms with Gasteiger partial charge in [-0.15, -0.1) is 22.7 Å². The molecule has 1 unspecified atom stereocenters. The molecule has 21 heavy (non-hydrogen) atoms. The zero-order chi connectivity index (χ0) is 15.2. The minimum atomic E-state index is -1.07. The Kier molecular flexibility index (Phi) is 5.23. The largest absolute Gasteiger partial charge is 0.476 e. The summed E-state index contributed by atoms with van der Waals surface area (Å²) in [6.07, 6.45) is 1.74. The van der Waals surface area contributed by atoms with Gasteiger partial charge < -0.3 is 15.7 Å². The molecule has 0 aliphatic heterocycles. The highest BCUT2D eigenvalue weighted by Crippen LogP contribution is 2.16. The second-order valence-corrected chi connectivity index (χ2v) is 6.14. The molecule has 0 aliphatic carbocycles. The number of carbonyl (C=O) groups excluding carboxylic acids is 1. The molecule has 0 aromatic carbocycles. The molecule has 112 valence electrons. The summed E-state index contributed by atoms with van der Waals surface area (Å²) in [7, 11) is 0. The maximum atomic E-state index is 11.7. The van der Waals surface area contributed by atoms with E-state index in [1.54, 1.807) is 17.5 Å². The highest BCUT2D eigenvalue weighted by Gasteiger charge is 2.11. The van der Waals surface area contributed by atoms with Crippen molar-refractivity contribution in [3.63, 3.8) is 0 Å². The smallest absolute Gasteiger partial charge is 0.355 e. The maximum absolute atomic E-state index is 11.7. The van der Waals surface area contributed by atoms with Crippen LogP contribution in [0.1, 0.15) is 33.3 Å². The Morgan fingerprint density at radius 3 is 2.81 bits per heavy atom. The van der Waals surface area contributed by atoms with Crippen LogP contribution >= 0.6 is 22.7 Å². The lowest BCUT2D eigenvalue weighted by molar-refractivity contribution is 0.0691. The summed E-state index contributed by atoms with van der Waals surface area (Å²) < 4.78 is 0. The Morgan fingerprint density at radius 2 is 2.19 bits per heavy atom. The third-order valence-corrected chi connectivity index (χ3v) is 4.47. The van der Waals surface area contributed by atoms with Crippen molar-refractivity contribution in [1.29, 1.82) is 0 Å². The second-order valence-electron chi connectivity index (χ2n) is 4.27. The maximum Gasteiger partial charge on any atom is 0.355 e. The van der Waals surface area contributed by atoms with Crippen molar-refractivity contribution in [2.24, 2.45) is 0 Å². The summed E-state index contributed by atoms with van der Waals surface area (Å²) >= 11 is 2.75. The number of carboxylic acids is 1. The van der Waals surface area contributed by atoms with Crippen molar-refractivity contribution in [2.45, 2.75) is 19.4 Å². The lowest BCUT2D eigenvalue weighted by Gasteiger charge is -2.10. The molecule has 0 spiro atoms. The second kappa shape index (κ2) is 7.14. The quantitative estimate of drug-likeness (QED) is 0.752. The summed E-state index contributed by atoms with van der Waals surface area (Å²) in [6.45, 7) is 2.67. The number of rotatable bonds is 6. The number of urea groups is 1. The van der Waals surface area contributed by atoms with Crippen LogP contribution in [0.3, 0.4) is 0 Å². The number of hydrogen-bond acceptors (Lipinski definition) is 6. The highest BCUT2D eigenvalue weighted by molar-refractivity contribution is 7.10. The molecule has 2 amide bonds. The number of amides is 2. The summed E-state index contributed by atoms with van der Waals surface area (Å²) in [4.78, 5) is 30.4. The summed E-state index contributed by atoms with van der Waals surface area (Å²) in [5.74, 6) is -0.923. The van der Waals surface area contributed by atoms with Crippen molar-refractivity contribution < 1.29 is 14.7 Å². The van der Waals surface area contributed by atoms with Gasteiger partial charge in [0.25, 0.3) is 0 Å². The van der Waals surface area contributed by atoms with Crippen LogP contribution < -0.4 is 10.6 Å². The Bertz CT molecular complexity index is 612. The predicted octanol–water partition coefficient (Wildman–Crippen LogP) is 1.90. The monoisotopic (exact) mass is 326 g/mol. The van der Waals surface area contributed by atoms with E-state index in [0.717, 1.165) is 5.01 Å². The average Bonchev–Trinajstić information content (AvgIpc) is 3.13. The minimum absolute atomic E-state index is 0.00500. The van der Waals surface area contributed by atoms with Crippen LogP contribution in [0.25, 0.3) is 0 Å². The van der Waals surface area contributed by atoms with E-state index in [1.165, 1.54) is 16.7 Å². The molecule has 2 aromatic rings. The highest BCUT2D eigenvalue weighted by atomic mass is 32.1. The normalized spacial score (nSPS) is 11.9. The van der Waals surface area contributed by atoms with Crippen molar-refractivity contribution >= 4 is 34.7 Å². The van der Waals surface area contributed by atoms with Gasteiger partial charge >= 0.3 is 12.0 Å². The molecule has 2 heterocycles. The molecule has 0 saturated heterocycles. The van der Waals surface area contributed by atoms with Crippen LogP contribution in [0.15, 0.2) is 17.0 Å². The molecule has 7 nitrogen and oxygen atoms in total. The Hall–Kier alpha value is -2.00. The fourth-order valence-corrected chi connectivity index (χ4v) is 2.93. The van der Waals surface area contributed by atoms with Crippen LogP contribution in [0.5, 0.6) is 0 Å². The summed E-state index contributed by atoms with van der Waals surface area (Å²) in [5.41, 5.74) is -0.00500. The first kappa shape index (κ1) is 15.4. The van der Waals surface area contributed by atoms with Gasteiger partial charge in [0.2, 0.25) is 0 Å². The van der Waals surface area contributed by atoms with Crippen LogP contribution in [-0.2, 0) is 6.54 Å². The molecular weight excluding hydrogens is 312 g/mol. The number of carbonyl (C=O) groups is 2. The third-order valence-electron chi connectivity index (χ3n) is 2.61. The number of aromatic nitrogens is 2. The molecule has 2 aromatic heterocycles. The fourth-order valence-electron chi connectivity index (χ4n) is 1.52. The lowest BCUT2D eigenvalue weighted by atomic mass is 10.2. The van der Waals surface area contributed by atoms with Crippen molar-refractivity contribution in [2.75, 3.05) is 6.54 Å². The Labute approximate surface area is 129 Å². The van der Waals surface area contributed by atoms with Crippen molar-refractivity contribution in [3.05, 3.63) is 32.7 Å². The molecule has 0 bridgehead atoms. The van der Waals surface area contributed by atoms with Gasteiger partial charge in [-0.1, -0.05) is 6.92 Å². The number of nitrogens with zero attached hydrogens (tertiary/aromatic N) is 2. The first-order valence-corrected chi connectivity index (χ1v) is 7.91. The average molecular weight is 326 g/mol. The van der Waals surface area contributed by atoms with Gasteiger partial charge in [0.1, 0.15) is 5.01 Å². The van der Waals surface area contributed by atoms with Gasteiger partial charge in [-0.3, -0.25) is 0 Å². The molecule has 0 radical (unpaired) electrons. The van der Waals surface area contributed by atoms with Gasteiger partial charge in [-0.2, -0.15) is 0 Å². The standard InChI is InChI=1S/C12H14N4O3S2/c1-7(10-13-2-3-20-10)4-14-12(19)15-5-9-16-8(6-21-9)11(17)18/h2-3,6-7H,4-5H2,1H3,(H,17,18)(H2,14,15,19). The van der Waals surface area contributed by atoms with Gasteiger partial charge in [0, 0.05) is 29.4 Å². The van der Waals surface area contributed by atoms with E-state index in [1.807, 2.05) is 12.3 Å². The topological polar surface area (TPSA) is 104 Å². The molecule has 3 N–H and O–H groups in total. The van der Waals surface area contributed by atoms with Crippen LogP contribution in [0, 0.1) is 0 Å². The number of aromatic carboxylic acids is 1. The first-order chi connectivity index (χ1) is 10.1. The number of hydrogen-bond donors (Lipinski definition) is 3. The van der Waals surface area contributed by atoms with Crippen LogP contribution in [0.4, 0.5) is 4.79 Å². The van der Waals surface area contributed by atoms with E-state index < -0.39 is 5.97 Å². The number of nitrogens with one attached hydrogen (secondary N) is 2. The SMILES string of the molecule is CC(CNC(=O)NCc1nc(C(=O)O)cs1)c1nccs1. The zero-order valence-corrected chi connectivity index (χ0v) is 12.8. The van der Waals surface area contributed by atoms with Gasteiger partial charge in [0.15, 0.2) is 5.69 Å². The van der Waals surface area contributed by atoms with E-state index in [-0.39, 0.29) is 24.2 Å². The van der Waals surface area contributed by atoms with E-state index >= 15 is 0 Å². The number of thiazole rings is 2. The lowest BCUT2D eigenvalue weighted by Crippen LogP contribution is -2.37. The summed E-state index contributed by atoms with van der Waals surface area (Å²) in [6, 6.07) is -0.314. The predicted molar refractivity (Wildman–Crippen MR) is 79.8 cm³/mol. The van der Waals surface area contributed by atoms with Crippen molar-refractivity contribution in [3.8, 4) is 0 Å².